The summed E-state index contributed by atoms with van der Waals surface area (Å²) >= 11 is -2.45. The van der Waals surface area contributed by atoms with Crippen molar-refractivity contribution in [2.75, 3.05) is 11.0 Å². The lowest BCUT2D eigenvalue weighted by molar-refractivity contribution is 0.542. The summed E-state index contributed by atoms with van der Waals surface area (Å²) in [5.74, 6) is 0. The predicted octanol–water partition coefficient (Wildman–Crippen LogP) is 0.296. The van der Waals surface area contributed by atoms with Gasteiger partial charge in [0.1, 0.15) is 0 Å². The second-order valence-corrected chi connectivity index (χ2v) is 5.33. The maximum absolute atomic E-state index is 11.1. The van der Waals surface area contributed by atoms with E-state index in [1.807, 2.05) is 0 Å². The molecule has 0 aliphatic heterocycles. The number of hydrogen-bond acceptors (Lipinski definition) is 4. The summed E-state index contributed by atoms with van der Waals surface area (Å²) in [6.07, 6.45) is 1.06. The first kappa shape index (κ1) is 11.2. The van der Waals surface area contributed by atoms with E-state index in [9.17, 15) is 17.2 Å². The summed E-state index contributed by atoms with van der Waals surface area (Å²) in [6, 6.07) is 5.58. The van der Waals surface area contributed by atoms with E-state index in [4.69, 9.17) is 0 Å². The van der Waals surface area contributed by atoms with Crippen molar-refractivity contribution in [3.8, 4) is 0 Å². The summed E-state index contributed by atoms with van der Waals surface area (Å²) < 4.78 is 44.8. The standard InChI is InChI=1S/C7H9NO4S2/c1-14(11,12)7-4-2-3-6(5-7)8-13(9)10/h2-5,8H,1H3,(H,9,10)/p-1. The Balaban J connectivity index is 3.08. The van der Waals surface area contributed by atoms with Gasteiger partial charge in [0.2, 0.25) is 0 Å². The Hall–Kier alpha value is -0.920. The van der Waals surface area contributed by atoms with Crippen molar-refractivity contribution < 1.29 is 17.2 Å². The molecular weight excluding hydrogens is 226 g/mol. The molecule has 1 rings (SSSR count). The zero-order valence-electron chi connectivity index (χ0n) is 7.26. The quantitative estimate of drug-likeness (QED) is 0.762. The van der Waals surface area contributed by atoms with Crippen LogP contribution < -0.4 is 4.72 Å². The lowest BCUT2D eigenvalue weighted by atomic mass is 10.3. The van der Waals surface area contributed by atoms with Crippen molar-refractivity contribution in [1.82, 2.24) is 0 Å². The van der Waals surface area contributed by atoms with Gasteiger partial charge in [-0.05, 0) is 18.2 Å². The van der Waals surface area contributed by atoms with Crippen LogP contribution in [0.15, 0.2) is 29.2 Å². The van der Waals surface area contributed by atoms with Crippen LogP contribution in [0.3, 0.4) is 0 Å². The zero-order chi connectivity index (χ0) is 10.8. The van der Waals surface area contributed by atoms with Crippen molar-refractivity contribution in [3.05, 3.63) is 24.3 Å². The molecule has 0 spiro atoms. The second-order valence-electron chi connectivity index (χ2n) is 2.64. The number of rotatable bonds is 3. The lowest BCUT2D eigenvalue weighted by Gasteiger charge is -2.08. The van der Waals surface area contributed by atoms with E-state index < -0.39 is 21.1 Å². The Labute approximate surface area is 84.5 Å². The summed E-state index contributed by atoms with van der Waals surface area (Å²) in [4.78, 5) is 0.0768. The molecular formula is C7H8NO4S2-. The van der Waals surface area contributed by atoms with Crippen LogP contribution in [0.25, 0.3) is 0 Å². The third-order valence-electron chi connectivity index (χ3n) is 1.46. The van der Waals surface area contributed by atoms with Gasteiger partial charge in [-0.3, -0.25) is 4.21 Å². The van der Waals surface area contributed by atoms with Gasteiger partial charge >= 0.3 is 0 Å². The fourth-order valence-corrected chi connectivity index (χ4v) is 1.87. The second kappa shape index (κ2) is 4.07. The van der Waals surface area contributed by atoms with Crippen molar-refractivity contribution in [3.63, 3.8) is 0 Å². The smallest absolute Gasteiger partial charge is 0.175 e. The molecule has 0 bridgehead atoms. The van der Waals surface area contributed by atoms with Crippen LogP contribution in [0.5, 0.6) is 0 Å². The van der Waals surface area contributed by atoms with Gasteiger partial charge in [-0.2, -0.15) is 0 Å². The van der Waals surface area contributed by atoms with Crippen LogP contribution in [0.1, 0.15) is 0 Å². The van der Waals surface area contributed by atoms with E-state index in [1.54, 1.807) is 0 Å². The van der Waals surface area contributed by atoms with E-state index in [0.717, 1.165) is 6.26 Å². The number of anilines is 1. The summed E-state index contributed by atoms with van der Waals surface area (Å²) in [5.41, 5.74) is 0.223. The van der Waals surface area contributed by atoms with E-state index >= 15 is 0 Å². The van der Waals surface area contributed by atoms with Gasteiger partial charge in [0.25, 0.3) is 0 Å². The van der Waals surface area contributed by atoms with Crippen LogP contribution in [-0.4, -0.2) is 23.4 Å². The summed E-state index contributed by atoms with van der Waals surface area (Å²) in [5, 5.41) is 0. The topological polar surface area (TPSA) is 86.3 Å². The molecule has 1 N–H and O–H groups in total. The Morgan fingerprint density at radius 1 is 1.43 bits per heavy atom. The summed E-state index contributed by atoms with van der Waals surface area (Å²) in [6.45, 7) is 0. The monoisotopic (exact) mass is 234 g/mol. The van der Waals surface area contributed by atoms with E-state index in [1.165, 1.54) is 24.3 Å². The highest BCUT2D eigenvalue weighted by Gasteiger charge is 2.06. The third kappa shape index (κ3) is 3.09. The molecule has 5 nitrogen and oxygen atoms in total. The molecule has 78 valence electrons. The van der Waals surface area contributed by atoms with Gasteiger partial charge in [-0.1, -0.05) is 6.07 Å². The van der Waals surface area contributed by atoms with Gasteiger partial charge in [-0.25, -0.2) is 8.42 Å². The molecule has 0 fully saturated rings. The Bertz CT molecular complexity index is 455. The molecule has 0 radical (unpaired) electrons. The van der Waals surface area contributed by atoms with Gasteiger partial charge < -0.3 is 9.27 Å². The maximum Gasteiger partial charge on any atom is 0.175 e. The zero-order valence-corrected chi connectivity index (χ0v) is 8.89. The van der Waals surface area contributed by atoms with Crippen LogP contribution in [0, 0.1) is 0 Å². The van der Waals surface area contributed by atoms with Gasteiger partial charge in [0.05, 0.1) is 4.90 Å². The fourth-order valence-electron chi connectivity index (χ4n) is 0.886. The average Bonchev–Trinajstić information content (AvgIpc) is 2.01. The molecule has 0 aliphatic carbocycles. The molecule has 1 atom stereocenters. The van der Waals surface area contributed by atoms with Crippen molar-refractivity contribution in [1.29, 1.82) is 0 Å². The largest absolute Gasteiger partial charge is 0.755 e. The van der Waals surface area contributed by atoms with Gasteiger partial charge in [0, 0.05) is 23.2 Å². The van der Waals surface area contributed by atoms with Gasteiger partial charge in [0.15, 0.2) is 9.84 Å². The van der Waals surface area contributed by atoms with Crippen molar-refractivity contribution in [2.24, 2.45) is 0 Å². The minimum Gasteiger partial charge on any atom is -0.755 e. The Morgan fingerprint density at radius 2 is 2.07 bits per heavy atom. The Morgan fingerprint density at radius 3 is 2.57 bits per heavy atom. The fraction of sp³-hybridized carbons (Fsp3) is 0.143. The highest BCUT2D eigenvalue weighted by molar-refractivity contribution is 7.90. The number of sulfone groups is 1. The Kier molecular flexibility index (Phi) is 3.25. The molecule has 0 aromatic heterocycles. The van der Waals surface area contributed by atoms with Crippen LogP contribution >= 0.6 is 0 Å². The molecule has 14 heavy (non-hydrogen) atoms. The van der Waals surface area contributed by atoms with E-state index in [2.05, 4.69) is 4.72 Å². The maximum atomic E-state index is 11.1. The lowest BCUT2D eigenvalue weighted by Crippen LogP contribution is -2.03. The molecule has 1 unspecified atom stereocenters. The van der Waals surface area contributed by atoms with Crippen LogP contribution in [-0.2, 0) is 21.1 Å². The average molecular weight is 234 g/mol. The molecule has 1 aromatic carbocycles. The van der Waals surface area contributed by atoms with Crippen molar-refractivity contribution in [2.45, 2.75) is 4.90 Å². The molecule has 0 heterocycles. The van der Waals surface area contributed by atoms with Crippen LogP contribution in [0.4, 0.5) is 5.69 Å². The number of hydrogen-bond donors (Lipinski definition) is 1. The minimum absolute atomic E-state index is 0.0768. The predicted molar refractivity (Wildman–Crippen MR) is 52.1 cm³/mol. The van der Waals surface area contributed by atoms with E-state index in [0.29, 0.717) is 0 Å². The first-order valence-electron chi connectivity index (χ1n) is 3.55. The highest BCUT2D eigenvalue weighted by Crippen LogP contribution is 2.15. The first-order valence-corrected chi connectivity index (χ1v) is 6.52. The molecule has 0 amide bonds. The third-order valence-corrected chi connectivity index (χ3v) is 2.98. The highest BCUT2D eigenvalue weighted by atomic mass is 32.2. The van der Waals surface area contributed by atoms with Crippen molar-refractivity contribution >= 4 is 26.8 Å². The molecule has 7 heteroatoms. The van der Waals surface area contributed by atoms with Gasteiger partial charge in [-0.15, -0.1) is 0 Å². The normalized spacial score (nSPS) is 13.6. The SMILES string of the molecule is CS(=O)(=O)c1cccc(NS(=O)[O-])c1. The number of benzene rings is 1. The van der Waals surface area contributed by atoms with Crippen LogP contribution in [0.2, 0.25) is 0 Å². The molecule has 0 aliphatic rings. The molecule has 1 aromatic rings. The molecule has 0 saturated heterocycles. The minimum atomic E-state index is -3.30. The van der Waals surface area contributed by atoms with E-state index in [-0.39, 0.29) is 10.6 Å². The molecule has 0 saturated carbocycles. The number of nitrogens with one attached hydrogen (secondary N) is 1. The first-order chi connectivity index (χ1) is 6.39. The summed E-state index contributed by atoms with van der Waals surface area (Å²) in [7, 11) is -3.30.